The molecule has 1 aromatic carbocycles. The molecule has 7 heteroatoms. The number of sulfonamides is 1. The maximum absolute atomic E-state index is 11.5. The van der Waals surface area contributed by atoms with E-state index in [1.54, 1.807) is 0 Å². The lowest BCUT2D eigenvalue weighted by molar-refractivity contribution is 0.598. The van der Waals surface area contributed by atoms with E-state index in [2.05, 4.69) is 5.32 Å². The van der Waals surface area contributed by atoms with Gasteiger partial charge in [0, 0.05) is 6.54 Å². The number of benzene rings is 1. The number of hydrogen-bond donors (Lipinski definition) is 2. The summed E-state index contributed by atoms with van der Waals surface area (Å²) in [6.45, 7) is 2.56. The first-order valence-electron chi connectivity index (χ1n) is 5.41. The molecule has 0 fully saturated rings. The highest BCUT2D eigenvalue weighted by molar-refractivity contribution is 7.89. The van der Waals surface area contributed by atoms with Gasteiger partial charge in [-0.05, 0) is 18.6 Å². The first kappa shape index (κ1) is 14.8. The molecule has 3 N–H and O–H groups in total. The molecule has 0 unspecified atom stereocenters. The van der Waals surface area contributed by atoms with Crippen LogP contribution >= 0.6 is 11.6 Å². The van der Waals surface area contributed by atoms with Gasteiger partial charge in [0.25, 0.3) is 0 Å². The minimum absolute atomic E-state index is 0.0966. The zero-order valence-corrected chi connectivity index (χ0v) is 11.5. The van der Waals surface area contributed by atoms with Crippen molar-refractivity contribution in [2.24, 2.45) is 5.14 Å². The SMILES string of the molecule is CCCCNc1c(S(N)(=O)=O)ccc(Cl)c1C#N. The van der Waals surface area contributed by atoms with Crippen LogP contribution in [0.4, 0.5) is 5.69 Å². The van der Waals surface area contributed by atoms with Crippen LogP contribution in [0.15, 0.2) is 17.0 Å². The van der Waals surface area contributed by atoms with E-state index < -0.39 is 10.0 Å². The van der Waals surface area contributed by atoms with Crippen molar-refractivity contribution >= 4 is 27.3 Å². The number of unbranched alkanes of at least 4 members (excludes halogenated alkanes) is 1. The lowest BCUT2D eigenvalue weighted by Crippen LogP contribution is -2.16. The monoisotopic (exact) mass is 287 g/mol. The summed E-state index contributed by atoms with van der Waals surface area (Å²) in [5, 5.41) is 17.3. The summed E-state index contributed by atoms with van der Waals surface area (Å²) in [7, 11) is -3.89. The molecule has 0 aromatic heterocycles. The third-order valence-electron chi connectivity index (χ3n) is 2.37. The fraction of sp³-hybridized carbons (Fsp3) is 0.364. The average molecular weight is 288 g/mol. The van der Waals surface area contributed by atoms with E-state index in [-0.39, 0.29) is 21.2 Å². The molecule has 0 spiro atoms. The molecule has 0 heterocycles. The maximum atomic E-state index is 11.5. The summed E-state index contributed by atoms with van der Waals surface area (Å²) in [4.78, 5) is -0.112. The van der Waals surface area contributed by atoms with E-state index >= 15 is 0 Å². The second kappa shape index (κ2) is 6.05. The van der Waals surface area contributed by atoms with Crippen molar-refractivity contribution in [2.75, 3.05) is 11.9 Å². The molecule has 0 aliphatic rings. The molecule has 0 saturated heterocycles. The van der Waals surface area contributed by atoms with Crippen LogP contribution in [0.25, 0.3) is 0 Å². The molecular formula is C11H14ClN3O2S. The van der Waals surface area contributed by atoms with Gasteiger partial charge in [-0.15, -0.1) is 0 Å². The lowest BCUT2D eigenvalue weighted by atomic mass is 10.2. The standard InChI is InChI=1S/C11H14ClN3O2S/c1-2-3-6-15-11-8(7-13)9(12)4-5-10(11)18(14,16)17/h4-5,15H,2-3,6H2,1H3,(H2,14,16,17). The third-order valence-corrected chi connectivity index (χ3v) is 3.63. The molecule has 5 nitrogen and oxygen atoms in total. The molecule has 0 bridgehead atoms. The molecule has 1 rings (SSSR count). The second-order valence-electron chi connectivity index (χ2n) is 3.73. The van der Waals surface area contributed by atoms with Crippen molar-refractivity contribution in [3.63, 3.8) is 0 Å². The van der Waals surface area contributed by atoms with Crippen LogP contribution in [-0.2, 0) is 10.0 Å². The number of hydrogen-bond acceptors (Lipinski definition) is 4. The zero-order valence-electron chi connectivity index (χ0n) is 9.90. The van der Waals surface area contributed by atoms with E-state index in [4.69, 9.17) is 22.0 Å². The van der Waals surface area contributed by atoms with Crippen LogP contribution in [0.2, 0.25) is 5.02 Å². The van der Waals surface area contributed by atoms with E-state index in [1.165, 1.54) is 12.1 Å². The number of rotatable bonds is 5. The molecule has 0 saturated carbocycles. The van der Waals surface area contributed by atoms with Crippen LogP contribution in [-0.4, -0.2) is 15.0 Å². The lowest BCUT2D eigenvalue weighted by Gasteiger charge is -2.13. The summed E-state index contributed by atoms with van der Waals surface area (Å²) < 4.78 is 22.9. The van der Waals surface area contributed by atoms with Crippen molar-refractivity contribution in [2.45, 2.75) is 24.7 Å². The Kier molecular flexibility index (Phi) is 4.96. The fourth-order valence-electron chi connectivity index (χ4n) is 1.47. The molecule has 0 aliphatic carbocycles. The van der Waals surface area contributed by atoms with Gasteiger partial charge in [-0.25, -0.2) is 13.6 Å². The summed E-state index contributed by atoms with van der Waals surface area (Å²) in [6, 6.07) is 4.54. The Morgan fingerprint density at radius 1 is 1.50 bits per heavy atom. The van der Waals surface area contributed by atoms with Crippen molar-refractivity contribution in [1.29, 1.82) is 5.26 Å². The van der Waals surface area contributed by atoms with Gasteiger partial charge in [-0.1, -0.05) is 24.9 Å². The van der Waals surface area contributed by atoms with Gasteiger partial charge < -0.3 is 5.32 Å². The molecule has 18 heavy (non-hydrogen) atoms. The number of nitrogens with one attached hydrogen (secondary N) is 1. The van der Waals surface area contributed by atoms with Crippen molar-refractivity contribution in [1.82, 2.24) is 0 Å². The highest BCUT2D eigenvalue weighted by Gasteiger charge is 2.19. The maximum Gasteiger partial charge on any atom is 0.240 e. The number of anilines is 1. The van der Waals surface area contributed by atoms with Gasteiger partial charge in [0.15, 0.2) is 0 Å². The van der Waals surface area contributed by atoms with Crippen LogP contribution in [0, 0.1) is 11.3 Å². The van der Waals surface area contributed by atoms with Gasteiger partial charge in [0.05, 0.1) is 16.3 Å². The van der Waals surface area contributed by atoms with Gasteiger partial charge in [0.1, 0.15) is 11.0 Å². The Morgan fingerprint density at radius 3 is 2.67 bits per heavy atom. The Labute approximate surface area is 112 Å². The summed E-state index contributed by atoms with van der Waals surface area (Å²) >= 11 is 5.87. The average Bonchev–Trinajstić information content (AvgIpc) is 2.28. The summed E-state index contributed by atoms with van der Waals surface area (Å²) in [6.07, 6.45) is 1.79. The second-order valence-corrected chi connectivity index (χ2v) is 5.67. The number of nitriles is 1. The van der Waals surface area contributed by atoms with Crippen molar-refractivity contribution in [3.05, 3.63) is 22.7 Å². The smallest absolute Gasteiger partial charge is 0.240 e. The Balaban J connectivity index is 3.32. The predicted molar refractivity (Wildman–Crippen MR) is 70.9 cm³/mol. The number of nitrogens with zero attached hydrogens (tertiary/aromatic N) is 1. The Hall–Kier alpha value is -1.29. The van der Waals surface area contributed by atoms with Crippen molar-refractivity contribution in [3.8, 4) is 6.07 Å². The highest BCUT2D eigenvalue weighted by Crippen LogP contribution is 2.30. The van der Waals surface area contributed by atoms with Gasteiger partial charge in [-0.2, -0.15) is 5.26 Å². The molecular weight excluding hydrogens is 274 g/mol. The molecule has 1 aromatic rings. The Bertz CT molecular complexity index is 579. The van der Waals surface area contributed by atoms with Crippen LogP contribution in [0.3, 0.4) is 0 Å². The minimum atomic E-state index is -3.89. The summed E-state index contributed by atoms with van der Waals surface area (Å²) in [5.41, 5.74) is 0.278. The third kappa shape index (κ3) is 3.35. The first-order valence-corrected chi connectivity index (χ1v) is 7.33. The van der Waals surface area contributed by atoms with Gasteiger partial charge in [0.2, 0.25) is 10.0 Å². The van der Waals surface area contributed by atoms with Crippen LogP contribution in [0.5, 0.6) is 0 Å². The molecule has 0 amide bonds. The largest absolute Gasteiger partial charge is 0.383 e. The fourth-order valence-corrected chi connectivity index (χ4v) is 2.39. The van der Waals surface area contributed by atoms with E-state index in [0.717, 1.165) is 12.8 Å². The molecule has 0 radical (unpaired) electrons. The molecule has 98 valence electrons. The Morgan fingerprint density at radius 2 is 2.17 bits per heavy atom. The number of primary sulfonamides is 1. The van der Waals surface area contributed by atoms with Gasteiger partial charge >= 0.3 is 0 Å². The van der Waals surface area contributed by atoms with Gasteiger partial charge in [-0.3, -0.25) is 0 Å². The topological polar surface area (TPSA) is 96.0 Å². The molecule has 0 aliphatic heterocycles. The van der Waals surface area contributed by atoms with E-state index in [0.29, 0.717) is 6.54 Å². The van der Waals surface area contributed by atoms with E-state index in [1.807, 2.05) is 13.0 Å². The van der Waals surface area contributed by atoms with Crippen LogP contribution in [0.1, 0.15) is 25.3 Å². The molecule has 0 atom stereocenters. The quantitative estimate of drug-likeness (QED) is 0.810. The zero-order chi connectivity index (χ0) is 13.8. The number of nitrogens with two attached hydrogens (primary N) is 1. The first-order chi connectivity index (χ1) is 8.41. The highest BCUT2D eigenvalue weighted by atomic mass is 35.5. The predicted octanol–water partition coefficient (Wildman–Crippen LogP) is 2.07. The van der Waals surface area contributed by atoms with Crippen LogP contribution < -0.4 is 10.5 Å². The summed E-state index contributed by atoms with van der Waals surface area (Å²) in [5.74, 6) is 0. The minimum Gasteiger partial charge on any atom is -0.383 e. The number of halogens is 1. The normalized spacial score (nSPS) is 11.0. The van der Waals surface area contributed by atoms with E-state index in [9.17, 15) is 8.42 Å². The van der Waals surface area contributed by atoms with Crippen molar-refractivity contribution < 1.29 is 8.42 Å².